The quantitative estimate of drug-likeness (QED) is 0.944. The lowest BCUT2D eigenvalue weighted by atomic mass is 10.2. The molecule has 3 rings (SSSR count). The van der Waals surface area contributed by atoms with Crippen molar-refractivity contribution in [2.45, 2.75) is 32.9 Å². The highest BCUT2D eigenvalue weighted by Gasteiger charge is 2.23. The minimum Gasteiger partial charge on any atom is -0.489 e. The van der Waals surface area contributed by atoms with E-state index < -0.39 is 0 Å². The lowest BCUT2D eigenvalue weighted by Crippen LogP contribution is -2.43. The number of para-hydroxylation sites is 1. The van der Waals surface area contributed by atoms with Gasteiger partial charge in [0.1, 0.15) is 11.9 Å². The number of nitrogens with zero attached hydrogens (tertiary/aromatic N) is 2. The van der Waals surface area contributed by atoms with Gasteiger partial charge in [0.25, 0.3) is 0 Å². The first kappa shape index (κ1) is 16.3. The Morgan fingerprint density at radius 1 is 1.29 bits per heavy atom. The molecule has 1 unspecified atom stereocenters. The monoisotopic (exact) mass is 325 g/mol. The summed E-state index contributed by atoms with van der Waals surface area (Å²) in [5.41, 5.74) is 3.03. The van der Waals surface area contributed by atoms with Crippen LogP contribution in [0.15, 0.2) is 42.5 Å². The summed E-state index contributed by atoms with van der Waals surface area (Å²) in [4.78, 5) is 18.8. The van der Waals surface area contributed by atoms with Crippen molar-refractivity contribution in [2.24, 2.45) is 0 Å². The first-order valence-corrected chi connectivity index (χ1v) is 8.31. The lowest BCUT2D eigenvalue weighted by molar-refractivity contribution is 0.158. The zero-order valence-electron chi connectivity index (χ0n) is 14.2. The van der Waals surface area contributed by atoms with Crippen LogP contribution in [-0.4, -0.2) is 35.1 Å². The first-order valence-electron chi connectivity index (χ1n) is 8.31. The van der Waals surface area contributed by atoms with Gasteiger partial charge in [0.05, 0.1) is 13.1 Å². The molecule has 0 aliphatic carbocycles. The van der Waals surface area contributed by atoms with Crippen molar-refractivity contribution in [2.75, 3.05) is 13.1 Å². The number of fused-ring (bicyclic) bond motifs is 1. The highest BCUT2D eigenvalue weighted by molar-refractivity contribution is 5.74. The summed E-state index contributed by atoms with van der Waals surface area (Å²) in [7, 11) is 0. The Labute approximate surface area is 142 Å². The van der Waals surface area contributed by atoms with Crippen LogP contribution in [0.5, 0.6) is 5.75 Å². The Kier molecular flexibility index (Phi) is 4.99. The molecule has 2 aromatic rings. The molecule has 1 aromatic heterocycles. The molecule has 0 bridgehead atoms. The zero-order valence-corrected chi connectivity index (χ0v) is 14.2. The Morgan fingerprint density at radius 3 is 2.96 bits per heavy atom. The van der Waals surface area contributed by atoms with E-state index >= 15 is 0 Å². The van der Waals surface area contributed by atoms with Gasteiger partial charge in [-0.05, 0) is 32.0 Å². The largest absolute Gasteiger partial charge is 0.489 e. The number of nitrogens with one attached hydrogen (secondary N) is 1. The molecular formula is C19H23N3O2. The molecule has 1 N–H and O–H groups in total. The van der Waals surface area contributed by atoms with Crippen molar-refractivity contribution in [3.63, 3.8) is 0 Å². The van der Waals surface area contributed by atoms with E-state index in [1.807, 2.05) is 56.3 Å². The predicted molar refractivity (Wildman–Crippen MR) is 93.0 cm³/mol. The Morgan fingerprint density at radius 2 is 2.12 bits per heavy atom. The minimum absolute atomic E-state index is 0.0298. The molecule has 0 fully saturated rings. The number of urea groups is 1. The smallest absolute Gasteiger partial charge is 0.317 e. The van der Waals surface area contributed by atoms with Crippen LogP contribution in [-0.2, 0) is 13.0 Å². The highest BCUT2D eigenvalue weighted by Crippen LogP contribution is 2.24. The van der Waals surface area contributed by atoms with Crippen molar-refractivity contribution in [1.82, 2.24) is 15.2 Å². The number of carbonyl (C=O) groups excluding carboxylic acids is 1. The van der Waals surface area contributed by atoms with E-state index in [-0.39, 0.29) is 12.1 Å². The fourth-order valence-electron chi connectivity index (χ4n) is 2.89. The molecule has 1 aromatic carbocycles. The predicted octanol–water partition coefficient (Wildman–Crippen LogP) is 2.93. The van der Waals surface area contributed by atoms with E-state index in [0.29, 0.717) is 19.6 Å². The van der Waals surface area contributed by atoms with Gasteiger partial charge in [-0.3, -0.25) is 4.98 Å². The van der Waals surface area contributed by atoms with E-state index in [0.717, 1.165) is 29.1 Å². The van der Waals surface area contributed by atoms with E-state index in [1.54, 1.807) is 4.90 Å². The third kappa shape index (κ3) is 4.04. The molecule has 0 radical (unpaired) electrons. The maximum Gasteiger partial charge on any atom is 0.317 e. The van der Waals surface area contributed by atoms with E-state index in [9.17, 15) is 4.79 Å². The third-order valence-electron chi connectivity index (χ3n) is 4.03. The molecular weight excluding hydrogens is 302 g/mol. The second kappa shape index (κ2) is 7.34. The van der Waals surface area contributed by atoms with Gasteiger partial charge in [-0.2, -0.15) is 0 Å². The van der Waals surface area contributed by atoms with Gasteiger partial charge in [0.2, 0.25) is 0 Å². The average Bonchev–Trinajstić information content (AvgIpc) is 2.72. The van der Waals surface area contributed by atoms with Gasteiger partial charge in [0, 0.05) is 29.9 Å². The van der Waals surface area contributed by atoms with Gasteiger partial charge in [-0.1, -0.05) is 24.3 Å². The molecule has 0 saturated carbocycles. The van der Waals surface area contributed by atoms with E-state index in [1.165, 1.54) is 0 Å². The third-order valence-corrected chi connectivity index (χ3v) is 4.03. The van der Waals surface area contributed by atoms with Crippen molar-refractivity contribution >= 4 is 6.03 Å². The van der Waals surface area contributed by atoms with Gasteiger partial charge >= 0.3 is 6.03 Å². The van der Waals surface area contributed by atoms with Crippen LogP contribution in [0.2, 0.25) is 0 Å². The summed E-state index contributed by atoms with van der Waals surface area (Å²) in [5, 5.41) is 2.99. The number of hydrogen-bond donors (Lipinski definition) is 1. The summed E-state index contributed by atoms with van der Waals surface area (Å²) < 4.78 is 5.89. The van der Waals surface area contributed by atoms with Gasteiger partial charge in [-0.15, -0.1) is 0 Å². The standard InChI is InChI=1S/C19H23N3O2/c1-14-6-5-8-17(21-14)10-11-20-19(23)22-12-15(2)24-18-9-4-3-7-16(18)13-22/h3-9,15H,10-13H2,1-2H3,(H,20,23). The summed E-state index contributed by atoms with van der Waals surface area (Å²) in [6.45, 7) is 5.66. The number of hydrogen-bond acceptors (Lipinski definition) is 3. The van der Waals surface area contributed by atoms with Crippen LogP contribution in [0.4, 0.5) is 4.79 Å². The summed E-state index contributed by atoms with van der Waals surface area (Å²) in [6, 6.07) is 13.8. The molecule has 126 valence electrons. The molecule has 5 heteroatoms. The number of amides is 2. The number of aryl methyl sites for hydroxylation is 1. The molecule has 24 heavy (non-hydrogen) atoms. The SMILES string of the molecule is Cc1cccc(CCNC(=O)N2Cc3ccccc3OC(C)C2)n1. The fraction of sp³-hybridized carbons (Fsp3) is 0.368. The van der Waals surface area contributed by atoms with Crippen molar-refractivity contribution in [3.05, 3.63) is 59.4 Å². The van der Waals surface area contributed by atoms with Gasteiger partial charge in [-0.25, -0.2) is 4.79 Å². The topological polar surface area (TPSA) is 54.5 Å². The number of benzene rings is 1. The molecule has 2 amide bonds. The van der Waals surface area contributed by atoms with Crippen LogP contribution in [0, 0.1) is 6.92 Å². The van der Waals surface area contributed by atoms with Gasteiger partial charge in [0.15, 0.2) is 0 Å². The van der Waals surface area contributed by atoms with Crippen LogP contribution in [0.1, 0.15) is 23.9 Å². The molecule has 0 saturated heterocycles. The molecule has 5 nitrogen and oxygen atoms in total. The maximum absolute atomic E-state index is 12.5. The van der Waals surface area contributed by atoms with Gasteiger partial charge < -0.3 is 15.0 Å². The zero-order chi connectivity index (χ0) is 16.9. The normalized spacial score (nSPS) is 16.8. The second-order valence-corrected chi connectivity index (χ2v) is 6.17. The Hall–Kier alpha value is -2.56. The molecule has 1 atom stereocenters. The van der Waals surface area contributed by atoms with Crippen LogP contribution in [0.3, 0.4) is 0 Å². The van der Waals surface area contributed by atoms with Crippen LogP contribution in [0.25, 0.3) is 0 Å². The second-order valence-electron chi connectivity index (χ2n) is 6.17. The number of pyridine rings is 1. The fourth-order valence-corrected chi connectivity index (χ4v) is 2.89. The van der Waals surface area contributed by atoms with E-state index in [2.05, 4.69) is 10.3 Å². The summed E-state index contributed by atoms with van der Waals surface area (Å²) in [6.07, 6.45) is 0.696. The number of carbonyl (C=O) groups is 1. The summed E-state index contributed by atoms with van der Waals surface area (Å²) >= 11 is 0. The maximum atomic E-state index is 12.5. The Balaban J connectivity index is 1.58. The molecule has 1 aliphatic heterocycles. The van der Waals surface area contributed by atoms with E-state index in [4.69, 9.17) is 4.74 Å². The minimum atomic E-state index is -0.0604. The number of rotatable bonds is 3. The van der Waals surface area contributed by atoms with Crippen LogP contribution < -0.4 is 10.1 Å². The summed E-state index contributed by atoms with van der Waals surface area (Å²) in [5.74, 6) is 0.865. The van der Waals surface area contributed by atoms with Crippen molar-refractivity contribution in [3.8, 4) is 5.75 Å². The lowest BCUT2D eigenvalue weighted by Gasteiger charge is -2.22. The highest BCUT2D eigenvalue weighted by atomic mass is 16.5. The molecule has 2 heterocycles. The van der Waals surface area contributed by atoms with Crippen molar-refractivity contribution < 1.29 is 9.53 Å². The average molecular weight is 325 g/mol. The Bertz CT molecular complexity index is 717. The first-order chi connectivity index (χ1) is 11.6. The molecule has 0 spiro atoms. The number of ether oxygens (including phenoxy) is 1. The van der Waals surface area contributed by atoms with Crippen LogP contribution >= 0.6 is 0 Å². The van der Waals surface area contributed by atoms with Crippen molar-refractivity contribution in [1.29, 1.82) is 0 Å². The number of aromatic nitrogens is 1. The molecule has 1 aliphatic rings.